The maximum atomic E-state index is 13.2. The molecule has 1 aromatic carbocycles. The summed E-state index contributed by atoms with van der Waals surface area (Å²) in [4.78, 5) is 17.8. The van der Waals surface area contributed by atoms with Gasteiger partial charge in [-0.15, -0.1) is 0 Å². The quantitative estimate of drug-likeness (QED) is 0.845. The van der Waals surface area contributed by atoms with Crippen LogP contribution in [0.25, 0.3) is 0 Å². The molecule has 4 rings (SSSR count). The second-order valence-electron chi connectivity index (χ2n) is 7.56. The van der Waals surface area contributed by atoms with Crippen molar-refractivity contribution in [3.8, 4) is 11.5 Å². The molecule has 1 aromatic rings. The Hall–Kier alpha value is -1.75. The van der Waals surface area contributed by atoms with Crippen LogP contribution in [0, 0.1) is 0 Å². The van der Waals surface area contributed by atoms with E-state index in [-0.39, 0.29) is 11.8 Å². The third-order valence-corrected chi connectivity index (χ3v) is 6.04. The minimum atomic E-state index is -0.150. The monoisotopic (exact) mass is 344 g/mol. The van der Waals surface area contributed by atoms with Gasteiger partial charge in [0.15, 0.2) is 11.5 Å². The molecule has 0 N–H and O–H groups in total. The van der Waals surface area contributed by atoms with Crippen LogP contribution < -0.4 is 9.47 Å². The van der Waals surface area contributed by atoms with E-state index in [9.17, 15) is 4.79 Å². The molecule has 25 heavy (non-hydrogen) atoms. The first-order valence-corrected chi connectivity index (χ1v) is 9.55. The summed E-state index contributed by atoms with van der Waals surface area (Å²) in [5.41, 5.74) is 1.01. The topological polar surface area (TPSA) is 42.0 Å². The maximum absolute atomic E-state index is 13.2. The fraction of sp³-hybridized carbons (Fsp3) is 0.650. The molecule has 0 spiro atoms. The van der Waals surface area contributed by atoms with Crippen molar-refractivity contribution in [2.45, 2.75) is 50.6 Å². The van der Waals surface area contributed by atoms with Crippen molar-refractivity contribution in [3.05, 3.63) is 23.8 Å². The zero-order valence-electron chi connectivity index (χ0n) is 15.2. The molecule has 5 heteroatoms. The number of hydrogen-bond acceptors (Lipinski definition) is 4. The SMILES string of the molecule is C[C@H](C(=O)N1CCC[C@@H]1[C@@H]1CCCN1C)c1ccc2c(c1)OCCO2. The Labute approximate surface area is 149 Å². The molecule has 0 saturated carbocycles. The molecular weight excluding hydrogens is 316 g/mol. The lowest BCUT2D eigenvalue weighted by Gasteiger charge is -2.34. The summed E-state index contributed by atoms with van der Waals surface area (Å²) < 4.78 is 11.3. The van der Waals surface area contributed by atoms with E-state index in [2.05, 4.69) is 16.8 Å². The first-order valence-electron chi connectivity index (χ1n) is 9.55. The highest BCUT2D eigenvalue weighted by Crippen LogP contribution is 2.35. The molecule has 3 heterocycles. The zero-order chi connectivity index (χ0) is 17.4. The summed E-state index contributed by atoms with van der Waals surface area (Å²) in [6.07, 6.45) is 4.71. The number of benzene rings is 1. The van der Waals surface area contributed by atoms with Gasteiger partial charge in [-0.05, 0) is 63.9 Å². The molecule has 0 aliphatic carbocycles. The highest BCUT2D eigenvalue weighted by Gasteiger charge is 2.39. The van der Waals surface area contributed by atoms with E-state index in [4.69, 9.17) is 9.47 Å². The first-order chi connectivity index (χ1) is 12.1. The van der Waals surface area contributed by atoms with Crippen LogP contribution in [0.15, 0.2) is 18.2 Å². The zero-order valence-corrected chi connectivity index (χ0v) is 15.2. The number of fused-ring (bicyclic) bond motifs is 1. The van der Waals surface area contributed by atoms with Crippen LogP contribution in [0.2, 0.25) is 0 Å². The Kier molecular flexibility index (Phi) is 4.59. The lowest BCUT2D eigenvalue weighted by Crippen LogP contribution is -2.48. The highest BCUT2D eigenvalue weighted by molar-refractivity contribution is 5.84. The minimum Gasteiger partial charge on any atom is -0.486 e. The lowest BCUT2D eigenvalue weighted by atomic mass is 9.97. The van der Waals surface area contributed by atoms with Crippen molar-refractivity contribution in [2.75, 3.05) is 33.4 Å². The Morgan fingerprint density at radius 2 is 1.80 bits per heavy atom. The first kappa shape index (κ1) is 16.7. The van der Waals surface area contributed by atoms with Crippen LogP contribution in [0.4, 0.5) is 0 Å². The second kappa shape index (κ2) is 6.87. The normalized spacial score (nSPS) is 27.5. The van der Waals surface area contributed by atoms with Crippen LogP contribution in [-0.4, -0.2) is 61.1 Å². The lowest BCUT2D eigenvalue weighted by molar-refractivity contribution is -0.134. The van der Waals surface area contributed by atoms with Gasteiger partial charge in [0.1, 0.15) is 13.2 Å². The fourth-order valence-corrected chi connectivity index (χ4v) is 4.61. The number of rotatable bonds is 3. The molecule has 3 aliphatic heterocycles. The van der Waals surface area contributed by atoms with Crippen molar-refractivity contribution < 1.29 is 14.3 Å². The molecule has 136 valence electrons. The van der Waals surface area contributed by atoms with Crippen LogP contribution >= 0.6 is 0 Å². The van der Waals surface area contributed by atoms with E-state index in [1.54, 1.807) is 0 Å². The number of ether oxygens (including phenoxy) is 2. The average Bonchev–Trinajstić information content (AvgIpc) is 3.28. The summed E-state index contributed by atoms with van der Waals surface area (Å²) >= 11 is 0. The fourth-order valence-electron chi connectivity index (χ4n) is 4.61. The Morgan fingerprint density at radius 3 is 2.56 bits per heavy atom. The minimum absolute atomic E-state index is 0.150. The van der Waals surface area contributed by atoms with E-state index >= 15 is 0 Å². The molecule has 3 aliphatic rings. The number of amides is 1. The number of likely N-dealkylation sites (tertiary alicyclic amines) is 2. The number of carbonyl (C=O) groups excluding carboxylic acids is 1. The van der Waals surface area contributed by atoms with E-state index in [1.807, 2.05) is 25.1 Å². The number of likely N-dealkylation sites (N-methyl/N-ethyl adjacent to an activating group) is 1. The van der Waals surface area contributed by atoms with Crippen LogP contribution in [0.3, 0.4) is 0 Å². The molecule has 0 radical (unpaired) electrons. The van der Waals surface area contributed by atoms with Gasteiger partial charge in [-0.1, -0.05) is 6.07 Å². The number of nitrogens with zero attached hydrogens (tertiary/aromatic N) is 2. The van der Waals surface area contributed by atoms with Gasteiger partial charge in [0, 0.05) is 18.6 Å². The van der Waals surface area contributed by atoms with Crippen LogP contribution in [-0.2, 0) is 4.79 Å². The number of hydrogen-bond donors (Lipinski definition) is 0. The van der Waals surface area contributed by atoms with E-state index < -0.39 is 0 Å². The molecule has 2 fully saturated rings. The molecular formula is C20H28N2O3. The van der Waals surface area contributed by atoms with Crippen molar-refractivity contribution in [3.63, 3.8) is 0 Å². The predicted octanol–water partition coefficient (Wildman–Crippen LogP) is 2.65. The van der Waals surface area contributed by atoms with Crippen molar-refractivity contribution in [1.29, 1.82) is 0 Å². The molecule has 5 nitrogen and oxygen atoms in total. The summed E-state index contributed by atoms with van der Waals surface area (Å²) in [5.74, 6) is 1.64. The van der Waals surface area contributed by atoms with Crippen molar-refractivity contribution >= 4 is 5.91 Å². The molecule has 3 atom stereocenters. The molecule has 1 amide bonds. The van der Waals surface area contributed by atoms with Crippen molar-refractivity contribution in [2.24, 2.45) is 0 Å². The van der Waals surface area contributed by atoms with Gasteiger partial charge in [-0.25, -0.2) is 0 Å². The Bertz CT molecular complexity index is 648. The summed E-state index contributed by atoms with van der Waals surface area (Å²) in [7, 11) is 2.20. The standard InChI is InChI=1S/C20H28N2O3/c1-14(15-7-8-18-19(13-15)25-12-11-24-18)20(23)22-10-4-6-17(22)16-5-3-9-21(16)2/h7-8,13-14,16-17H,3-6,9-12H2,1-2H3/t14-,16-,17+/m0/s1. The third kappa shape index (κ3) is 3.10. The van der Waals surface area contributed by atoms with Gasteiger partial charge in [-0.2, -0.15) is 0 Å². The summed E-state index contributed by atoms with van der Waals surface area (Å²) in [6, 6.07) is 6.81. The van der Waals surface area contributed by atoms with E-state index in [0.29, 0.717) is 25.3 Å². The van der Waals surface area contributed by atoms with E-state index in [0.717, 1.165) is 43.0 Å². The Balaban J connectivity index is 1.51. The van der Waals surface area contributed by atoms with Crippen LogP contribution in [0.5, 0.6) is 11.5 Å². The Morgan fingerprint density at radius 1 is 1.08 bits per heavy atom. The molecule has 0 aromatic heterocycles. The molecule has 0 bridgehead atoms. The van der Waals surface area contributed by atoms with Gasteiger partial charge in [0.2, 0.25) is 5.91 Å². The van der Waals surface area contributed by atoms with Gasteiger partial charge in [-0.3, -0.25) is 4.79 Å². The second-order valence-corrected chi connectivity index (χ2v) is 7.56. The van der Waals surface area contributed by atoms with Crippen molar-refractivity contribution in [1.82, 2.24) is 9.80 Å². The largest absolute Gasteiger partial charge is 0.486 e. The molecule has 2 saturated heterocycles. The third-order valence-electron chi connectivity index (χ3n) is 6.04. The van der Waals surface area contributed by atoms with Crippen LogP contribution in [0.1, 0.15) is 44.1 Å². The highest BCUT2D eigenvalue weighted by atomic mass is 16.6. The van der Waals surface area contributed by atoms with Gasteiger partial charge < -0.3 is 19.3 Å². The predicted molar refractivity (Wildman–Crippen MR) is 96.2 cm³/mol. The smallest absolute Gasteiger partial charge is 0.230 e. The van der Waals surface area contributed by atoms with Gasteiger partial charge in [0.05, 0.1) is 5.92 Å². The summed E-state index contributed by atoms with van der Waals surface area (Å²) in [6.45, 7) is 5.22. The number of carbonyl (C=O) groups is 1. The summed E-state index contributed by atoms with van der Waals surface area (Å²) in [5, 5.41) is 0. The van der Waals surface area contributed by atoms with E-state index in [1.165, 1.54) is 12.8 Å². The van der Waals surface area contributed by atoms with Gasteiger partial charge >= 0.3 is 0 Å². The molecule has 0 unspecified atom stereocenters. The maximum Gasteiger partial charge on any atom is 0.230 e. The van der Waals surface area contributed by atoms with Gasteiger partial charge in [0.25, 0.3) is 0 Å². The average molecular weight is 344 g/mol.